The lowest BCUT2D eigenvalue weighted by molar-refractivity contribution is -0.275. The van der Waals surface area contributed by atoms with Crippen LogP contribution in [0, 0.1) is 0 Å². The van der Waals surface area contributed by atoms with Gasteiger partial charge in [0.2, 0.25) is 0 Å². The van der Waals surface area contributed by atoms with Crippen LogP contribution in [0.15, 0.2) is 18.2 Å². The van der Waals surface area contributed by atoms with Gasteiger partial charge in [-0.15, -0.1) is 13.2 Å². The monoisotopic (exact) mass is 278 g/mol. The molecule has 1 aromatic carbocycles. The van der Waals surface area contributed by atoms with Crippen LogP contribution in [0.1, 0.15) is 23.7 Å². The minimum atomic E-state index is -4.97. The number of alkyl halides is 3. The molecule has 1 aromatic rings. The highest BCUT2D eigenvalue weighted by Crippen LogP contribution is 2.33. The maximum Gasteiger partial charge on any atom is 0.573 e. The molecule has 0 saturated carbocycles. The van der Waals surface area contributed by atoms with Crippen molar-refractivity contribution in [3.63, 3.8) is 0 Å². The molecule has 0 aromatic heterocycles. The van der Waals surface area contributed by atoms with Gasteiger partial charge in [-0.3, -0.25) is 4.79 Å². The number of hydrogen-bond acceptors (Lipinski definition) is 4. The van der Waals surface area contributed by atoms with Gasteiger partial charge < -0.3 is 14.6 Å². The molecule has 0 atom stereocenters. The lowest BCUT2D eigenvalue weighted by Gasteiger charge is -2.13. The molecule has 0 aliphatic rings. The number of carboxylic acids is 1. The van der Waals surface area contributed by atoms with E-state index in [4.69, 9.17) is 5.11 Å². The van der Waals surface area contributed by atoms with Crippen LogP contribution in [0.2, 0.25) is 0 Å². The van der Waals surface area contributed by atoms with E-state index in [2.05, 4.69) is 9.47 Å². The number of carboxylic acid groups (broad SMARTS) is 1. The van der Waals surface area contributed by atoms with Crippen LogP contribution in [0.5, 0.6) is 11.5 Å². The maximum atomic E-state index is 12.1. The third kappa shape index (κ3) is 4.49. The molecule has 0 unspecified atom stereocenters. The molecule has 8 heteroatoms. The number of hydrogen-bond donors (Lipinski definition) is 1. The van der Waals surface area contributed by atoms with Crippen molar-refractivity contribution in [3.8, 4) is 11.5 Å². The Morgan fingerprint density at radius 2 is 1.89 bits per heavy atom. The van der Waals surface area contributed by atoms with Crippen molar-refractivity contribution in [1.29, 1.82) is 0 Å². The van der Waals surface area contributed by atoms with Crippen molar-refractivity contribution in [2.24, 2.45) is 0 Å². The molecule has 0 bridgehead atoms. The number of esters is 1. The summed E-state index contributed by atoms with van der Waals surface area (Å²) in [7, 11) is 0. The number of halogens is 3. The Labute approximate surface area is 105 Å². The van der Waals surface area contributed by atoms with Gasteiger partial charge in [-0.2, -0.15) is 0 Å². The van der Waals surface area contributed by atoms with E-state index in [1.807, 2.05) is 0 Å². The molecule has 0 fully saturated rings. The summed E-state index contributed by atoms with van der Waals surface area (Å²) >= 11 is 0. The quantitative estimate of drug-likeness (QED) is 0.677. The Morgan fingerprint density at radius 1 is 1.26 bits per heavy atom. The Morgan fingerprint density at radius 3 is 2.37 bits per heavy atom. The predicted octanol–water partition coefficient (Wildman–Crippen LogP) is 2.60. The van der Waals surface area contributed by atoms with Crippen molar-refractivity contribution in [2.75, 3.05) is 0 Å². The number of carbonyl (C=O) groups excluding carboxylic acids is 1. The van der Waals surface area contributed by atoms with Gasteiger partial charge in [0, 0.05) is 6.42 Å². The van der Waals surface area contributed by atoms with E-state index in [0.29, 0.717) is 0 Å². The molecule has 19 heavy (non-hydrogen) atoms. The van der Waals surface area contributed by atoms with Crippen molar-refractivity contribution < 1.29 is 37.3 Å². The summed E-state index contributed by atoms with van der Waals surface area (Å²) < 4.78 is 44.6. The number of aromatic carboxylic acids is 1. The molecule has 0 radical (unpaired) electrons. The highest BCUT2D eigenvalue weighted by atomic mass is 19.4. The Bertz CT molecular complexity index is 496. The molecule has 0 saturated heterocycles. The molecule has 0 aliphatic carbocycles. The fourth-order valence-electron chi connectivity index (χ4n) is 1.12. The molecular weight excluding hydrogens is 269 g/mol. The summed E-state index contributed by atoms with van der Waals surface area (Å²) in [5, 5.41) is 8.72. The number of rotatable bonds is 4. The van der Waals surface area contributed by atoms with Crippen LogP contribution in [-0.4, -0.2) is 23.4 Å². The van der Waals surface area contributed by atoms with Gasteiger partial charge in [-0.05, 0) is 18.2 Å². The molecule has 0 amide bonds. The first-order valence-electron chi connectivity index (χ1n) is 5.06. The Balaban J connectivity index is 3.14. The second kappa shape index (κ2) is 5.59. The molecule has 0 aliphatic heterocycles. The van der Waals surface area contributed by atoms with Crippen LogP contribution >= 0.6 is 0 Å². The second-order valence-corrected chi connectivity index (χ2v) is 3.34. The highest BCUT2D eigenvalue weighted by molar-refractivity contribution is 5.88. The third-order valence-corrected chi connectivity index (χ3v) is 1.93. The van der Waals surface area contributed by atoms with E-state index in [0.717, 1.165) is 18.2 Å². The molecular formula is C11H9F3O5. The SMILES string of the molecule is CCC(=O)Oc1cc(C(=O)O)ccc1OC(F)(F)F. The third-order valence-electron chi connectivity index (χ3n) is 1.93. The van der Waals surface area contributed by atoms with Gasteiger partial charge in [0.1, 0.15) is 0 Å². The van der Waals surface area contributed by atoms with Crippen LogP contribution in [0.3, 0.4) is 0 Å². The van der Waals surface area contributed by atoms with E-state index >= 15 is 0 Å². The van der Waals surface area contributed by atoms with Gasteiger partial charge in [0.15, 0.2) is 11.5 Å². The summed E-state index contributed by atoms with van der Waals surface area (Å²) in [5.74, 6) is -3.55. The zero-order valence-electron chi connectivity index (χ0n) is 9.65. The number of ether oxygens (including phenoxy) is 2. The summed E-state index contributed by atoms with van der Waals surface area (Å²) in [6.07, 6.45) is -5.05. The van der Waals surface area contributed by atoms with Crippen molar-refractivity contribution in [1.82, 2.24) is 0 Å². The lowest BCUT2D eigenvalue weighted by atomic mass is 10.2. The Kier molecular flexibility index (Phi) is 4.36. The van der Waals surface area contributed by atoms with Crippen molar-refractivity contribution in [2.45, 2.75) is 19.7 Å². The standard InChI is InChI=1S/C11H9F3O5/c1-2-9(15)18-8-5-6(10(16)17)3-4-7(8)19-11(12,13)14/h3-5H,2H2,1H3,(H,16,17). The second-order valence-electron chi connectivity index (χ2n) is 3.34. The van der Waals surface area contributed by atoms with Crippen molar-refractivity contribution >= 4 is 11.9 Å². The number of carbonyl (C=O) groups is 2. The first kappa shape index (κ1) is 14.8. The maximum absolute atomic E-state index is 12.1. The summed E-state index contributed by atoms with van der Waals surface area (Å²) in [6.45, 7) is 1.44. The predicted molar refractivity (Wildman–Crippen MR) is 56.0 cm³/mol. The van der Waals surface area contributed by atoms with Gasteiger partial charge in [0.25, 0.3) is 0 Å². The van der Waals surface area contributed by atoms with Crippen LogP contribution < -0.4 is 9.47 Å². The van der Waals surface area contributed by atoms with Crippen molar-refractivity contribution in [3.05, 3.63) is 23.8 Å². The first-order valence-corrected chi connectivity index (χ1v) is 5.06. The van der Waals surface area contributed by atoms with Gasteiger partial charge in [-0.25, -0.2) is 4.79 Å². The molecule has 104 valence electrons. The smallest absolute Gasteiger partial charge is 0.478 e. The topological polar surface area (TPSA) is 72.8 Å². The largest absolute Gasteiger partial charge is 0.573 e. The van der Waals surface area contributed by atoms with Crippen LogP contribution in [-0.2, 0) is 4.79 Å². The zero-order valence-corrected chi connectivity index (χ0v) is 9.65. The van der Waals surface area contributed by atoms with Gasteiger partial charge in [-0.1, -0.05) is 6.92 Å². The van der Waals surface area contributed by atoms with Crippen LogP contribution in [0.25, 0.3) is 0 Å². The Hall–Kier alpha value is -2.25. The van der Waals surface area contributed by atoms with Gasteiger partial charge in [0.05, 0.1) is 5.56 Å². The van der Waals surface area contributed by atoms with Gasteiger partial charge >= 0.3 is 18.3 Å². The lowest BCUT2D eigenvalue weighted by Crippen LogP contribution is -2.18. The van der Waals surface area contributed by atoms with E-state index < -0.39 is 29.8 Å². The average Bonchev–Trinajstić information content (AvgIpc) is 2.29. The van der Waals surface area contributed by atoms with E-state index in [9.17, 15) is 22.8 Å². The molecule has 0 spiro atoms. The van der Waals surface area contributed by atoms with E-state index in [1.54, 1.807) is 0 Å². The normalized spacial score (nSPS) is 10.9. The minimum absolute atomic E-state index is 0.0806. The van der Waals surface area contributed by atoms with E-state index in [1.165, 1.54) is 6.92 Å². The zero-order chi connectivity index (χ0) is 14.6. The molecule has 5 nitrogen and oxygen atoms in total. The number of benzene rings is 1. The van der Waals surface area contributed by atoms with E-state index in [-0.39, 0.29) is 12.0 Å². The first-order chi connectivity index (χ1) is 8.73. The minimum Gasteiger partial charge on any atom is -0.478 e. The van der Waals surface area contributed by atoms with Crippen LogP contribution in [0.4, 0.5) is 13.2 Å². The molecule has 1 rings (SSSR count). The summed E-state index contributed by atoms with van der Waals surface area (Å²) in [4.78, 5) is 21.8. The summed E-state index contributed by atoms with van der Waals surface area (Å²) in [6, 6.07) is 2.47. The fraction of sp³-hybridized carbons (Fsp3) is 0.273. The fourth-order valence-corrected chi connectivity index (χ4v) is 1.12. The molecule has 0 heterocycles. The summed E-state index contributed by atoms with van der Waals surface area (Å²) in [5.41, 5.74) is -0.326. The average molecular weight is 278 g/mol. The molecule has 1 N–H and O–H groups in total. The highest BCUT2D eigenvalue weighted by Gasteiger charge is 2.33.